The first-order valence-corrected chi connectivity index (χ1v) is 5.81. The molecule has 1 aromatic carbocycles. The Kier molecular flexibility index (Phi) is 5.13. The van der Waals surface area contributed by atoms with Crippen LogP contribution in [-0.2, 0) is 4.79 Å². The SMILES string of the molecule is CCCN(CC(=O)O)C(=O)c1cc(F)ccc1[N+](=O)[O-]. The fourth-order valence-corrected chi connectivity index (χ4v) is 1.69. The second kappa shape index (κ2) is 6.60. The Balaban J connectivity index is 3.19. The van der Waals surface area contributed by atoms with E-state index >= 15 is 0 Å². The zero-order valence-corrected chi connectivity index (χ0v) is 10.7. The van der Waals surface area contributed by atoms with Crippen molar-refractivity contribution < 1.29 is 24.0 Å². The normalized spacial score (nSPS) is 10.1. The summed E-state index contributed by atoms with van der Waals surface area (Å²) in [6.45, 7) is 1.24. The van der Waals surface area contributed by atoms with Crippen LogP contribution < -0.4 is 0 Å². The summed E-state index contributed by atoms with van der Waals surface area (Å²) in [5, 5.41) is 19.6. The van der Waals surface area contributed by atoms with Gasteiger partial charge < -0.3 is 10.0 Å². The Labute approximate surface area is 113 Å². The lowest BCUT2D eigenvalue weighted by Crippen LogP contribution is -2.36. The summed E-state index contributed by atoms with van der Waals surface area (Å²) in [6.07, 6.45) is 0.474. The van der Waals surface area contributed by atoms with E-state index in [2.05, 4.69) is 0 Å². The maximum absolute atomic E-state index is 13.2. The van der Waals surface area contributed by atoms with Crippen molar-refractivity contribution in [3.63, 3.8) is 0 Å². The zero-order chi connectivity index (χ0) is 15.3. The van der Waals surface area contributed by atoms with E-state index in [-0.39, 0.29) is 6.54 Å². The van der Waals surface area contributed by atoms with Gasteiger partial charge in [0.25, 0.3) is 11.6 Å². The molecule has 0 saturated carbocycles. The highest BCUT2D eigenvalue weighted by atomic mass is 19.1. The van der Waals surface area contributed by atoms with Crippen molar-refractivity contribution in [1.29, 1.82) is 0 Å². The Morgan fingerprint density at radius 3 is 2.60 bits per heavy atom. The molecule has 0 saturated heterocycles. The number of carboxylic acids is 1. The van der Waals surface area contributed by atoms with Gasteiger partial charge in [0.1, 0.15) is 17.9 Å². The molecule has 1 rings (SSSR count). The lowest BCUT2D eigenvalue weighted by molar-refractivity contribution is -0.385. The molecule has 0 aromatic heterocycles. The first-order valence-electron chi connectivity index (χ1n) is 5.81. The van der Waals surface area contributed by atoms with E-state index in [9.17, 15) is 24.1 Å². The highest BCUT2D eigenvalue weighted by molar-refractivity contribution is 5.99. The second-order valence-electron chi connectivity index (χ2n) is 4.04. The van der Waals surface area contributed by atoms with Crippen molar-refractivity contribution in [3.8, 4) is 0 Å². The maximum Gasteiger partial charge on any atom is 0.323 e. The molecule has 108 valence electrons. The fourth-order valence-electron chi connectivity index (χ4n) is 1.69. The van der Waals surface area contributed by atoms with Crippen LogP contribution in [0, 0.1) is 15.9 Å². The molecule has 0 aliphatic rings. The summed E-state index contributed by atoms with van der Waals surface area (Å²) in [5.41, 5.74) is -1.01. The second-order valence-corrected chi connectivity index (χ2v) is 4.04. The molecule has 0 fully saturated rings. The Morgan fingerprint density at radius 1 is 1.45 bits per heavy atom. The Bertz CT molecular complexity index is 547. The standard InChI is InChI=1S/C12H13FN2O5/c1-2-5-14(7-11(16)17)12(18)9-6-8(13)3-4-10(9)15(19)20/h3-4,6H,2,5,7H2,1H3,(H,16,17). The predicted molar refractivity (Wildman–Crippen MR) is 66.9 cm³/mol. The molecule has 0 heterocycles. The lowest BCUT2D eigenvalue weighted by atomic mass is 10.1. The average Bonchev–Trinajstić information content (AvgIpc) is 2.36. The largest absolute Gasteiger partial charge is 0.480 e. The van der Waals surface area contributed by atoms with Crippen LogP contribution >= 0.6 is 0 Å². The van der Waals surface area contributed by atoms with Gasteiger partial charge in [-0.3, -0.25) is 19.7 Å². The molecule has 1 N–H and O–H groups in total. The van der Waals surface area contributed by atoms with Crippen LogP contribution in [0.3, 0.4) is 0 Å². The number of carbonyl (C=O) groups is 2. The van der Waals surface area contributed by atoms with E-state index < -0.39 is 40.4 Å². The molecule has 0 aliphatic heterocycles. The molecule has 8 heteroatoms. The third-order valence-corrected chi connectivity index (χ3v) is 2.49. The number of aliphatic carboxylic acids is 1. The van der Waals surface area contributed by atoms with E-state index in [4.69, 9.17) is 5.11 Å². The minimum Gasteiger partial charge on any atom is -0.480 e. The Hall–Kier alpha value is -2.51. The third kappa shape index (κ3) is 3.74. The molecule has 7 nitrogen and oxygen atoms in total. The monoisotopic (exact) mass is 284 g/mol. The quantitative estimate of drug-likeness (QED) is 0.632. The van der Waals surface area contributed by atoms with E-state index in [0.29, 0.717) is 6.42 Å². The summed E-state index contributed by atoms with van der Waals surface area (Å²) in [5.74, 6) is -2.92. The van der Waals surface area contributed by atoms with Crippen LogP contribution in [0.2, 0.25) is 0 Å². The highest BCUT2D eigenvalue weighted by Gasteiger charge is 2.26. The van der Waals surface area contributed by atoms with Gasteiger partial charge in [-0.1, -0.05) is 6.92 Å². The van der Waals surface area contributed by atoms with E-state index in [1.165, 1.54) is 0 Å². The zero-order valence-electron chi connectivity index (χ0n) is 10.7. The first-order chi connectivity index (χ1) is 9.36. The van der Waals surface area contributed by atoms with Crippen LogP contribution in [-0.4, -0.2) is 39.9 Å². The number of carboxylic acid groups (broad SMARTS) is 1. The van der Waals surface area contributed by atoms with Crippen molar-refractivity contribution >= 4 is 17.6 Å². The summed E-state index contributed by atoms with van der Waals surface area (Å²) in [6, 6.07) is 2.49. The van der Waals surface area contributed by atoms with Crippen LogP contribution in [0.15, 0.2) is 18.2 Å². The number of hydrogen-bond acceptors (Lipinski definition) is 4. The molecule has 20 heavy (non-hydrogen) atoms. The molecule has 0 spiro atoms. The van der Waals surface area contributed by atoms with Crippen molar-refractivity contribution in [2.45, 2.75) is 13.3 Å². The first kappa shape index (κ1) is 15.5. The fraction of sp³-hybridized carbons (Fsp3) is 0.333. The average molecular weight is 284 g/mol. The number of halogens is 1. The number of rotatable bonds is 6. The van der Waals surface area contributed by atoms with Crippen LogP contribution in [0.1, 0.15) is 23.7 Å². The van der Waals surface area contributed by atoms with E-state index in [0.717, 1.165) is 23.1 Å². The third-order valence-electron chi connectivity index (χ3n) is 2.49. The van der Waals surface area contributed by atoms with Crippen molar-refractivity contribution in [2.24, 2.45) is 0 Å². The molecular weight excluding hydrogens is 271 g/mol. The molecule has 0 radical (unpaired) electrons. The lowest BCUT2D eigenvalue weighted by Gasteiger charge is -2.19. The molecule has 1 amide bonds. The number of nitro groups is 1. The van der Waals surface area contributed by atoms with Crippen molar-refractivity contribution in [2.75, 3.05) is 13.1 Å². The number of amides is 1. The van der Waals surface area contributed by atoms with Gasteiger partial charge in [0.2, 0.25) is 0 Å². The number of carbonyl (C=O) groups excluding carboxylic acids is 1. The van der Waals surface area contributed by atoms with Crippen LogP contribution in [0.25, 0.3) is 0 Å². The number of benzene rings is 1. The van der Waals surface area contributed by atoms with Crippen molar-refractivity contribution in [1.82, 2.24) is 4.90 Å². The summed E-state index contributed by atoms with van der Waals surface area (Å²) in [7, 11) is 0. The minimum absolute atomic E-state index is 0.110. The van der Waals surface area contributed by atoms with Crippen LogP contribution in [0.5, 0.6) is 0 Å². The molecular formula is C12H13FN2O5. The molecule has 0 unspecified atom stereocenters. The summed E-state index contributed by atoms with van der Waals surface area (Å²) >= 11 is 0. The smallest absolute Gasteiger partial charge is 0.323 e. The van der Waals surface area contributed by atoms with Gasteiger partial charge in [0, 0.05) is 12.6 Å². The number of hydrogen-bond donors (Lipinski definition) is 1. The summed E-state index contributed by atoms with van der Waals surface area (Å²) < 4.78 is 13.2. The maximum atomic E-state index is 13.2. The minimum atomic E-state index is -1.24. The van der Waals surface area contributed by atoms with E-state index in [1.54, 1.807) is 6.92 Å². The topological polar surface area (TPSA) is 101 Å². The number of nitro benzene ring substituents is 1. The molecule has 0 bridgehead atoms. The molecule has 1 aromatic rings. The molecule has 0 atom stereocenters. The predicted octanol–water partition coefficient (Wildman–Crippen LogP) is 1.67. The van der Waals surface area contributed by atoms with Gasteiger partial charge in [-0.05, 0) is 18.6 Å². The van der Waals surface area contributed by atoms with Gasteiger partial charge in [0.15, 0.2) is 0 Å². The van der Waals surface area contributed by atoms with Gasteiger partial charge in [-0.2, -0.15) is 0 Å². The molecule has 0 aliphatic carbocycles. The van der Waals surface area contributed by atoms with Crippen molar-refractivity contribution in [3.05, 3.63) is 39.7 Å². The Morgan fingerprint density at radius 2 is 2.10 bits per heavy atom. The highest BCUT2D eigenvalue weighted by Crippen LogP contribution is 2.21. The van der Waals surface area contributed by atoms with Crippen LogP contribution in [0.4, 0.5) is 10.1 Å². The number of nitrogens with zero attached hydrogens (tertiary/aromatic N) is 2. The van der Waals surface area contributed by atoms with Gasteiger partial charge in [0.05, 0.1) is 4.92 Å². The van der Waals surface area contributed by atoms with Gasteiger partial charge in [-0.25, -0.2) is 4.39 Å². The van der Waals surface area contributed by atoms with Gasteiger partial charge in [-0.15, -0.1) is 0 Å². The summed E-state index contributed by atoms with van der Waals surface area (Å²) in [4.78, 5) is 33.8. The van der Waals surface area contributed by atoms with Gasteiger partial charge >= 0.3 is 5.97 Å². The van der Waals surface area contributed by atoms with E-state index in [1.807, 2.05) is 0 Å².